The van der Waals surface area contributed by atoms with Crippen LogP contribution in [0.3, 0.4) is 0 Å². The van der Waals surface area contributed by atoms with Crippen molar-refractivity contribution in [3.8, 4) is 0 Å². The number of hydrogen-bond acceptors (Lipinski definition) is 6. The Bertz CT molecular complexity index is 802. The molecular formula is C16H20N4O4S. The number of fused-ring (bicyclic) bond motifs is 2. The standard InChI is InChI=1S/C16H20N4O4S/c1-7-11-10(8(2)21)15(22)20(11)12(16(23)24)13(7)25-9-4-5-19-6-17-18(3)14(9)19/h6-11,21H,4-5H2,1-3H3/t7-,8-,9+,10-,11-/m1/s1. The summed E-state index contributed by atoms with van der Waals surface area (Å²) in [6.07, 6.45) is 1.86. The molecule has 8 nitrogen and oxygen atoms in total. The maximum Gasteiger partial charge on any atom is 0.265 e. The van der Waals surface area contributed by atoms with Gasteiger partial charge in [-0.2, -0.15) is 0 Å². The van der Waals surface area contributed by atoms with Crippen LogP contribution in [0.5, 0.6) is 0 Å². The number of carboxylic acid groups (broad SMARTS) is 1. The van der Waals surface area contributed by atoms with E-state index in [1.807, 2.05) is 18.7 Å². The van der Waals surface area contributed by atoms with Crippen molar-refractivity contribution < 1.29 is 24.4 Å². The fourth-order valence-corrected chi connectivity index (χ4v) is 5.90. The van der Waals surface area contributed by atoms with Crippen molar-refractivity contribution in [2.24, 2.45) is 18.9 Å². The highest BCUT2D eigenvalue weighted by molar-refractivity contribution is 8.03. The molecule has 0 bridgehead atoms. The summed E-state index contributed by atoms with van der Waals surface area (Å²) in [7, 11) is 1.87. The third kappa shape index (κ3) is 2.18. The molecule has 1 N–H and O–H groups in total. The van der Waals surface area contributed by atoms with Crippen LogP contribution in [0.25, 0.3) is 0 Å². The van der Waals surface area contributed by atoms with Gasteiger partial charge >= 0.3 is 0 Å². The molecule has 9 heteroatoms. The van der Waals surface area contributed by atoms with Gasteiger partial charge in [0.25, 0.3) is 6.33 Å². The average Bonchev–Trinajstić information content (AvgIpc) is 3.16. The van der Waals surface area contributed by atoms with Crippen LogP contribution in [-0.2, 0) is 23.2 Å². The van der Waals surface area contributed by atoms with Gasteiger partial charge in [-0.05, 0) is 6.92 Å². The summed E-state index contributed by atoms with van der Waals surface area (Å²) in [6.45, 7) is 4.33. The second-order valence-electron chi connectivity index (χ2n) is 6.96. The highest BCUT2D eigenvalue weighted by Gasteiger charge is 2.59. The van der Waals surface area contributed by atoms with Crippen molar-refractivity contribution in [1.29, 1.82) is 0 Å². The highest BCUT2D eigenvalue weighted by Crippen LogP contribution is 2.53. The lowest BCUT2D eigenvalue weighted by atomic mass is 9.79. The molecule has 25 heavy (non-hydrogen) atoms. The summed E-state index contributed by atoms with van der Waals surface area (Å²) in [5.74, 6) is -1.31. The van der Waals surface area contributed by atoms with Crippen LogP contribution < -0.4 is 9.67 Å². The first-order valence-corrected chi connectivity index (χ1v) is 9.25. The predicted molar refractivity (Wildman–Crippen MR) is 85.4 cm³/mol. The molecule has 3 aliphatic heterocycles. The summed E-state index contributed by atoms with van der Waals surface area (Å²) in [5.41, 5.74) is -0.0231. The minimum absolute atomic E-state index is 0.0231. The van der Waals surface area contributed by atoms with E-state index in [1.165, 1.54) is 16.7 Å². The van der Waals surface area contributed by atoms with Crippen LogP contribution in [0.15, 0.2) is 16.9 Å². The molecule has 0 spiro atoms. The molecule has 0 radical (unpaired) electrons. The number of amides is 1. The SMILES string of the molecule is C[C@@H](O)[C@H]1C(=O)N2C(C(=O)[O-])=C(S[C@H]3CC[n+]4cnn(C)c43)[C@H](C)[C@H]12. The molecule has 0 saturated carbocycles. The molecule has 1 aromatic rings. The number of rotatable bonds is 4. The number of aliphatic carboxylic acids is 1. The van der Waals surface area contributed by atoms with Gasteiger partial charge in [-0.25, -0.2) is 4.57 Å². The fourth-order valence-electron chi connectivity index (χ4n) is 4.33. The van der Waals surface area contributed by atoms with E-state index in [4.69, 9.17) is 0 Å². The van der Waals surface area contributed by atoms with Crippen LogP contribution in [0.2, 0.25) is 0 Å². The van der Waals surface area contributed by atoms with Crippen LogP contribution >= 0.6 is 11.8 Å². The van der Waals surface area contributed by atoms with Crippen molar-refractivity contribution in [3.05, 3.63) is 22.8 Å². The van der Waals surface area contributed by atoms with E-state index in [0.717, 1.165) is 18.8 Å². The van der Waals surface area contributed by atoms with Crippen molar-refractivity contribution >= 4 is 23.6 Å². The Hall–Kier alpha value is -1.87. The Morgan fingerprint density at radius 1 is 1.56 bits per heavy atom. The number of aryl methyl sites for hydroxylation is 2. The Morgan fingerprint density at radius 2 is 2.28 bits per heavy atom. The van der Waals surface area contributed by atoms with E-state index in [9.17, 15) is 19.8 Å². The van der Waals surface area contributed by atoms with Gasteiger partial charge in [0.05, 0.1) is 43.3 Å². The summed E-state index contributed by atoms with van der Waals surface area (Å²) < 4.78 is 3.87. The monoisotopic (exact) mass is 364 g/mol. The second kappa shape index (κ2) is 5.57. The van der Waals surface area contributed by atoms with E-state index >= 15 is 0 Å². The summed E-state index contributed by atoms with van der Waals surface area (Å²) in [5, 5.41) is 26.0. The Labute approximate surface area is 149 Å². The number of hydrogen-bond donors (Lipinski definition) is 1. The first kappa shape index (κ1) is 16.6. The Balaban J connectivity index is 1.68. The molecule has 1 saturated heterocycles. The van der Waals surface area contributed by atoms with Gasteiger partial charge < -0.3 is 19.9 Å². The number of carbonyl (C=O) groups is 2. The van der Waals surface area contributed by atoms with Gasteiger partial charge in [0.1, 0.15) is 5.25 Å². The third-order valence-electron chi connectivity index (χ3n) is 5.48. The molecule has 5 atom stereocenters. The van der Waals surface area contributed by atoms with Crippen LogP contribution in [0.4, 0.5) is 0 Å². The summed E-state index contributed by atoms with van der Waals surface area (Å²) >= 11 is 1.49. The number of aromatic nitrogens is 3. The van der Waals surface area contributed by atoms with Crippen molar-refractivity contribution in [2.45, 2.75) is 44.2 Å². The summed E-state index contributed by atoms with van der Waals surface area (Å²) in [6, 6.07) is -0.303. The number of carboxylic acids is 1. The van der Waals surface area contributed by atoms with Crippen LogP contribution in [0.1, 0.15) is 31.3 Å². The first-order valence-electron chi connectivity index (χ1n) is 8.37. The smallest absolute Gasteiger partial charge is 0.265 e. The highest BCUT2D eigenvalue weighted by atomic mass is 32.2. The van der Waals surface area contributed by atoms with E-state index in [1.54, 1.807) is 13.3 Å². The molecular weight excluding hydrogens is 344 g/mol. The minimum atomic E-state index is -1.33. The van der Waals surface area contributed by atoms with E-state index in [0.29, 0.717) is 4.91 Å². The number of thioether (sulfide) groups is 1. The number of nitrogens with zero attached hydrogens (tertiary/aromatic N) is 4. The molecule has 4 heterocycles. The maximum atomic E-state index is 12.4. The van der Waals surface area contributed by atoms with Gasteiger partial charge in [0.2, 0.25) is 11.7 Å². The molecule has 1 fully saturated rings. The topological polar surface area (TPSA) is 102 Å². The van der Waals surface area contributed by atoms with Gasteiger partial charge in [-0.15, -0.1) is 16.4 Å². The first-order chi connectivity index (χ1) is 11.8. The molecule has 4 rings (SSSR count). The minimum Gasteiger partial charge on any atom is -0.543 e. The van der Waals surface area contributed by atoms with Crippen molar-refractivity contribution in [1.82, 2.24) is 14.7 Å². The molecule has 134 valence electrons. The predicted octanol–water partition coefficient (Wildman–Crippen LogP) is -1.30. The summed E-state index contributed by atoms with van der Waals surface area (Å²) in [4.78, 5) is 26.1. The fraction of sp³-hybridized carbons (Fsp3) is 0.625. The third-order valence-corrected chi connectivity index (χ3v) is 7.03. The van der Waals surface area contributed by atoms with Crippen LogP contribution in [-0.4, -0.2) is 43.8 Å². The Morgan fingerprint density at radius 3 is 2.92 bits per heavy atom. The largest absolute Gasteiger partial charge is 0.543 e. The number of carbonyl (C=O) groups excluding carboxylic acids is 2. The lowest BCUT2D eigenvalue weighted by Gasteiger charge is -2.47. The van der Waals surface area contributed by atoms with Gasteiger partial charge in [0.15, 0.2) is 0 Å². The molecule has 3 aliphatic rings. The maximum absolute atomic E-state index is 12.4. The normalized spacial score (nSPS) is 31.8. The molecule has 0 aliphatic carbocycles. The Kier molecular flexibility index (Phi) is 3.69. The van der Waals surface area contributed by atoms with E-state index < -0.39 is 18.0 Å². The molecule has 1 amide bonds. The van der Waals surface area contributed by atoms with Gasteiger partial charge in [-0.1, -0.05) is 6.92 Å². The quantitative estimate of drug-likeness (QED) is 0.527. The molecule has 0 aromatic carbocycles. The lowest BCUT2D eigenvalue weighted by molar-refractivity contribution is -0.691. The number of aliphatic hydroxyl groups is 1. The zero-order valence-corrected chi connectivity index (χ0v) is 15.1. The van der Waals surface area contributed by atoms with Crippen molar-refractivity contribution in [2.75, 3.05) is 0 Å². The van der Waals surface area contributed by atoms with Crippen molar-refractivity contribution in [3.63, 3.8) is 0 Å². The van der Waals surface area contributed by atoms with Gasteiger partial charge in [-0.3, -0.25) is 4.79 Å². The number of β-lactam (4-membered cyclic amide) rings is 1. The van der Waals surface area contributed by atoms with E-state index in [-0.39, 0.29) is 28.8 Å². The van der Waals surface area contributed by atoms with E-state index in [2.05, 4.69) is 9.67 Å². The average molecular weight is 364 g/mol. The molecule has 1 aromatic heterocycles. The lowest BCUT2D eigenvalue weighted by Crippen LogP contribution is -2.64. The zero-order chi connectivity index (χ0) is 18.0. The zero-order valence-electron chi connectivity index (χ0n) is 14.2. The second-order valence-corrected chi connectivity index (χ2v) is 8.20. The van der Waals surface area contributed by atoms with Gasteiger partial charge in [0, 0.05) is 22.3 Å². The molecule has 0 unspecified atom stereocenters. The van der Waals surface area contributed by atoms with Crippen LogP contribution in [0, 0.1) is 11.8 Å². The number of aliphatic hydroxyl groups excluding tert-OH is 1.